The van der Waals surface area contributed by atoms with E-state index in [4.69, 9.17) is 5.73 Å². The van der Waals surface area contributed by atoms with Crippen LogP contribution >= 0.6 is 0 Å². The van der Waals surface area contributed by atoms with Gasteiger partial charge in [-0.25, -0.2) is 0 Å². The molecule has 18 heavy (non-hydrogen) atoms. The standard InChI is InChI=1S/C15H24N2O/c1-15(18)9-5-10-17(12-15)11-8-14(16)13-6-3-2-4-7-13/h2-4,6-7,14,18H,5,8-12,16H2,1H3. The molecule has 0 amide bonds. The molecule has 1 aliphatic rings. The highest BCUT2D eigenvalue weighted by atomic mass is 16.3. The molecular formula is C15H24N2O. The summed E-state index contributed by atoms with van der Waals surface area (Å²) < 4.78 is 0. The Morgan fingerprint density at radius 3 is 2.78 bits per heavy atom. The van der Waals surface area contributed by atoms with Crippen molar-refractivity contribution in [2.75, 3.05) is 19.6 Å². The van der Waals surface area contributed by atoms with Gasteiger partial charge in [-0.2, -0.15) is 0 Å². The average molecular weight is 248 g/mol. The minimum atomic E-state index is -0.519. The van der Waals surface area contributed by atoms with Gasteiger partial charge in [0.15, 0.2) is 0 Å². The summed E-state index contributed by atoms with van der Waals surface area (Å²) in [6.45, 7) is 4.74. The third kappa shape index (κ3) is 3.80. The van der Waals surface area contributed by atoms with Gasteiger partial charge in [-0.1, -0.05) is 30.3 Å². The van der Waals surface area contributed by atoms with Crippen LogP contribution in [0.15, 0.2) is 30.3 Å². The van der Waals surface area contributed by atoms with Gasteiger partial charge < -0.3 is 15.7 Å². The molecule has 3 heteroatoms. The zero-order chi connectivity index (χ0) is 13.0. The highest BCUT2D eigenvalue weighted by molar-refractivity contribution is 5.18. The minimum absolute atomic E-state index is 0.0954. The maximum atomic E-state index is 10.1. The van der Waals surface area contributed by atoms with E-state index in [1.165, 1.54) is 5.56 Å². The van der Waals surface area contributed by atoms with E-state index >= 15 is 0 Å². The van der Waals surface area contributed by atoms with Crippen LogP contribution in [-0.2, 0) is 0 Å². The van der Waals surface area contributed by atoms with Gasteiger partial charge in [0.1, 0.15) is 0 Å². The van der Waals surface area contributed by atoms with Gasteiger partial charge in [-0.3, -0.25) is 0 Å². The Labute approximate surface area is 110 Å². The number of aliphatic hydroxyl groups is 1. The van der Waals surface area contributed by atoms with Crippen molar-refractivity contribution in [2.24, 2.45) is 5.73 Å². The lowest BCUT2D eigenvalue weighted by Gasteiger charge is -2.37. The molecule has 0 bridgehead atoms. The summed E-state index contributed by atoms with van der Waals surface area (Å²) in [6.07, 6.45) is 2.93. The molecule has 1 aromatic rings. The molecule has 3 N–H and O–H groups in total. The molecule has 2 atom stereocenters. The van der Waals surface area contributed by atoms with E-state index in [2.05, 4.69) is 17.0 Å². The van der Waals surface area contributed by atoms with Crippen LogP contribution in [0.5, 0.6) is 0 Å². The van der Waals surface area contributed by atoms with E-state index in [0.717, 1.165) is 38.9 Å². The first-order valence-corrected chi connectivity index (χ1v) is 6.82. The van der Waals surface area contributed by atoms with Crippen LogP contribution in [0.1, 0.15) is 37.8 Å². The van der Waals surface area contributed by atoms with Crippen LogP contribution in [0.25, 0.3) is 0 Å². The monoisotopic (exact) mass is 248 g/mol. The lowest BCUT2D eigenvalue weighted by molar-refractivity contribution is -0.0161. The molecule has 2 rings (SSSR count). The molecule has 0 spiro atoms. The number of piperidine rings is 1. The molecule has 0 radical (unpaired) electrons. The summed E-state index contributed by atoms with van der Waals surface area (Å²) in [5.74, 6) is 0. The SMILES string of the molecule is CC1(O)CCCN(CCC(N)c2ccccc2)C1. The molecule has 1 saturated heterocycles. The maximum Gasteiger partial charge on any atom is 0.0746 e. The molecule has 1 heterocycles. The number of nitrogens with zero attached hydrogens (tertiary/aromatic N) is 1. The Morgan fingerprint density at radius 2 is 2.11 bits per heavy atom. The van der Waals surface area contributed by atoms with Gasteiger partial charge >= 0.3 is 0 Å². The highest BCUT2D eigenvalue weighted by Crippen LogP contribution is 2.21. The van der Waals surface area contributed by atoms with Crippen molar-refractivity contribution in [3.8, 4) is 0 Å². The molecule has 3 nitrogen and oxygen atoms in total. The maximum absolute atomic E-state index is 10.1. The summed E-state index contributed by atoms with van der Waals surface area (Å²) >= 11 is 0. The van der Waals surface area contributed by atoms with E-state index in [1.807, 2.05) is 25.1 Å². The third-order valence-corrected chi connectivity index (χ3v) is 3.74. The lowest BCUT2D eigenvalue weighted by Crippen LogP contribution is -2.46. The van der Waals surface area contributed by atoms with Crippen molar-refractivity contribution >= 4 is 0 Å². The van der Waals surface area contributed by atoms with E-state index in [9.17, 15) is 5.11 Å². The van der Waals surface area contributed by atoms with Crippen LogP contribution < -0.4 is 5.73 Å². The fraction of sp³-hybridized carbons (Fsp3) is 0.600. The summed E-state index contributed by atoms with van der Waals surface area (Å²) in [5.41, 5.74) is 6.87. The zero-order valence-corrected chi connectivity index (χ0v) is 11.2. The van der Waals surface area contributed by atoms with Gasteiger partial charge in [0.05, 0.1) is 5.60 Å². The van der Waals surface area contributed by atoms with Crippen molar-refractivity contribution in [1.82, 2.24) is 4.90 Å². The Balaban J connectivity index is 1.81. The number of rotatable bonds is 4. The molecule has 1 aliphatic heterocycles. The predicted octanol–water partition coefficient (Wildman–Crippen LogP) is 1.92. The van der Waals surface area contributed by atoms with Crippen molar-refractivity contribution in [3.63, 3.8) is 0 Å². The van der Waals surface area contributed by atoms with E-state index in [0.29, 0.717) is 0 Å². The van der Waals surface area contributed by atoms with Gasteiger partial charge in [-0.15, -0.1) is 0 Å². The Kier molecular flexibility index (Phi) is 4.38. The number of hydrogen-bond acceptors (Lipinski definition) is 3. The zero-order valence-electron chi connectivity index (χ0n) is 11.2. The van der Waals surface area contributed by atoms with Crippen molar-refractivity contribution in [2.45, 2.75) is 37.8 Å². The molecule has 100 valence electrons. The van der Waals surface area contributed by atoms with Gasteiger partial charge in [0.2, 0.25) is 0 Å². The first-order valence-electron chi connectivity index (χ1n) is 6.82. The number of hydrogen-bond donors (Lipinski definition) is 2. The highest BCUT2D eigenvalue weighted by Gasteiger charge is 2.28. The predicted molar refractivity (Wildman–Crippen MR) is 74.3 cm³/mol. The van der Waals surface area contributed by atoms with Gasteiger partial charge in [0, 0.05) is 19.1 Å². The van der Waals surface area contributed by atoms with Crippen molar-refractivity contribution in [3.05, 3.63) is 35.9 Å². The number of nitrogens with two attached hydrogens (primary N) is 1. The van der Waals surface area contributed by atoms with Crippen molar-refractivity contribution < 1.29 is 5.11 Å². The minimum Gasteiger partial charge on any atom is -0.389 e. The van der Waals surface area contributed by atoms with E-state index < -0.39 is 5.60 Å². The number of likely N-dealkylation sites (tertiary alicyclic amines) is 1. The Hall–Kier alpha value is -0.900. The summed E-state index contributed by atoms with van der Waals surface area (Å²) in [6, 6.07) is 10.3. The van der Waals surface area contributed by atoms with Crippen LogP contribution in [0.4, 0.5) is 0 Å². The lowest BCUT2D eigenvalue weighted by atomic mass is 9.94. The second kappa shape index (κ2) is 5.83. The van der Waals surface area contributed by atoms with Crippen LogP contribution in [0.2, 0.25) is 0 Å². The van der Waals surface area contributed by atoms with E-state index in [-0.39, 0.29) is 6.04 Å². The average Bonchev–Trinajstić information content (AvgIpc) is 2.36. The summed E-state index contributed by atoms with van der Waals surface area (Å²) in [5, 5.41) is 10.1. The molecule has 0 aliphatic carbocycles. The van der Waals surface area contributed by atoms with Crippen LogP contribution in [0, 0.1) is 0 Å². The number of β-amino-alcohol motifs (C(OH)–C–C–N with tert-alkyl or cyclic N) is 1. The van der Waals surface area contributed by atoms with Gasteiger partial charge in [0.25, 0.3) is 0 Å². The smallest absolute Gasteiger partial charge is 0.0746 e. The quantitative estimate of drug-likeness (QED) is 0.856. The first kappa shape index (κ1) is 13.5. The first-order chi connectivity index (χ1) is 8.57. The normalized spacial score (nSPS) is 27.1. The van der Waals surface area contributed by atoms with Crippen LogP contribution in [-0.4, -0.2) is 35.2 Å². The summed E-state index contributed by atoms with van der Waals surface area (Å²) in [4.78, 5) is 2.33. The largest absolute Gasteiger partial charge is 0.389 e. The Morgan fingerprint density at radius 1 is 1.39 bits per heavy atom. The second-order valence-electron chi connectivity index (χ2n) is 5.68. The topological polar surface area (TPSA) is 49.5 Å². The summed E-state index contributed by atoms with van der Waals surface area (Å²) in [7, 11) is 0. The Bertz CT molecular complexity index is 364. The molecule has 2 unspecified atom stereocenters. The fourth-order valence-corrected chi connectivity index (χ4v) is 2.70. The fourth-order valence-electron chi connectivity index (χ4n) is 2.70. The van der Waals surface area contributed by atoms with E-state index in [1.54, 1.807) is 0 Å². The molecule has 1 aromatic carbocycles. The molecule has 0 aromatic heterocycles. The van der Waals surface area contributed by atoms with Crippen molar-refractivity contribution in [1.29, 1.82) is 0 Å². The molecular weight excluding hydrogens is 224 g/mol. The third-order valence-electron chi connectivity index (χ3n) is 3.74. The second-order valence-corrected chi connectivity index (χ2v) is 5.68. The molecule has 0 saturated carbocycles. The van der Waals surface area contributed by atoms with Crippen LogP contribution in [0.3, 0.4) is 0 Å². The number of benzene rings is 1. The van der Waals surface area contributed by atoms with Gasteiger partial charge in [-0.05, 0) is 38.3 Å². The molecule has 1 fully saturated rings.